The quantitative estimate of drug-likeness (QED) is 0.608. The number of nitrogens with zero attached hydrogens (tertiary/aromatic N) is 2. The number of fused-ring (bicyclic) bond motifs is 1. The lowest BCUT2D eigenvalue weighted by atomic mass is 10.1. The molecule has 25 heavy (non-hydrogen) atoms. The van der Waals surface area contributed by atoms with Gasteiger partial charge in [0.15, 0.2) is 0 Å². The molecule has 1 aromatic heterocycles. The van der Waals surface area contributed by atoms with Crippen LogP contribution in [0, 0.1) is 0 Å². The molecule has 0 aliphatic carbocycles. The molecule has 128 valence electrons. The van der Waals surface area contributed by atoms with Crippen LogP contribution in [0.2, 0.25) is 10.2 Å². The highest BCUT2D eigenvalue weighted by Crippen LogP contribution is 2.23. The largest absolute Gasteiger partial charge is 0.492 e. The van der Waals surface area contributed by atoms with E-state index in [9.17, 15) is 4.79 Å². The van der Waals surface area contributed by atoms with Crippen LogP contribution in [0.4, 0.5) is 0 Å². The molecule has 0 aliphatic rings. The molecular weight excluding hydrogens is 359 g/mol. The number of likely N-dealkylation sites (N-methyl/N-ethyl adjacent to an activating group) is 1. The summed E-state index contributed by atoms with van der Waals surface area (Å²) in [6.07, 6.45) is 0. The van der Waals surface area contributed by atoms with Gasteiger partial charge in [0, 0.05) is 17.5 Å². The van der Waals surface area contributed by atoms with E-state index in [1.165, 1.54) is 0 Å². The summed E-state index contributed by atoms with van der Waals surface area (Å²) in [5.41, 5.74) is 0.314. The fourth-order valence-corrected chi connectivity index (χ4v) is 2.86. The first-order valence-corrected chi connectivity index (χ1v) is 8.49. The van der Waals surface area contributed by atoms with Gasteiger partial charge in [-0.25, -0.2) is 4.98 Å². The van der Waals surface area contributed by atoms with Crippen LogP contribution in [-0.2, 0) is 0 Å². The smallest absolute Gasteiger partial charge is 0.272 e. The first-order chi connectivity index (χ1) is 12.0. The minimum absolute atomic E-state index is 0.206. The van der Waals surface area contributed by atoms with Crippen LogP contribution in [0.25, 0.3) is 10.8 Å². The Morgan fingerprint density at radius 3 is 2.72 bits per heavy atom. The first kappa shape index (κ1) is 17.5. The molecule has 6 heteroatoms. The Hall–Kier alpha value is -2.30. The third-order valence-electron chi connectivity index (χ3n) is 3.75. The Morgan fingerprint density at radius 1 is 1.12 bits per heavy atom. The molecule has 1 heterocycles. The molecule has 0 bridgehead atoms. The van der Waals surface area contributed by atoms with Crippen molar-refractivity contribution in [3.63, 3.8) is 0 Å². The minimum atomic E-state index is -0.206. The zero-order chi connectivity index (χ0) is 17.8. The molecule has 3 aromatic rings. The van der Waals surface area contributed by atoms with Gasteiger partial charge in [0.2, 0.25) is 0 Å². The predicted octanol–water partition coefficient (Wildman–Crippen LogP) is 4.69. The van der Waals surface area contributed by atoms with Gasteiger partial charge < -0.3 is 9.64 Å². The summed E-state index contributed by atoms with van der Waals surface area (Å²) in [6.45, 7) is 0.765. The van der Waals surface area contributed by atoms with Gasteiger partial charge in [0.1, 0.15) is 23.2 Å². The number of pyridine rings is 1. The second-order valence-corrected chi connectivity index (χ2v) is 6.35. The number of benzene rings is 2. The van der Waals surface area contributed by atoms with Crippen molar-refractivity contribution in [3.8, 4) is 5.75 Å². The second kappa shape index (κ2) is 7.72. The SMILES string of the molecule is CN(CCOc1cccc(Cl)c1)C(=O)c1cc2ccccc2c(Cl)n1. The number of aromatic nitrogens is 1. The summed E-state index contributed by atoms with van der Waals surface area (Å²) in [4.78, 5) is 18.3. The maximum Gasteiger partial charge on any atom is 0.272 e. The highest BCUT2D eigenvalue weighted by Gasteiger charge is 2.15. The number of carbonyl (C=O) groups is 1. The predicted molar refractivity (Wildman–Crippen MR) is 101 cm³/mol. The fourth-order valence-electron chi connectivity index (χ4n) is 2.42. The van der Waals surface area contributed by atoms with Crippen LogP contribution in [0.3, 0.4) is 0 Å². The third kappa shape index (κ3) is 4.21. The van der Waals surface area contributed by atoms with Gasteiger partial charge >= 0.3 is 0 Å². The molecule has 0 atom stereocenters. The first-order valence-electron chi connectivity index (χ1n) is 7.74. The molecule has 0 saturated carbocycles. The van der Waals surface area contributed by atoms with E-state index in [2.05, 4.69) is 4.98 Å². The second-order valence-electron chi connectivity index (χ2n) is 5.55. The fraction of sp³-hybridized carbons (Fsp3) is 0.158. The molecular formula is C19H16Cl2N2O2. The zero-order valence-electron chi connectivity index (χ0n) is 13.6. The number of rotatable bonds is 5. The summed E-state index contributed by atoms with van der Waals surface area (Å²) in [6, 6.07) is 16.5. The standard InChI is InChI=1S/C19H16Cl2N2O2/c1-23(9-10-25-15-7-4-6-14(20)12-15)19(24)17-11-13-5-2-3-8-16(13)18(21)22-17/h2-8,11-12H,9-10H2,1H3. The lowest BCUT2D eigenvalue weighted by Gasteiger charge is -2.17. The van der Waals surface area contributed by atoms with Crippen molar-refractivity contribution in [1.29, 1.82) is 0 Å². The Kier molecular flexibility index (Phi) is 5.41. The molecule has 2 aromatic carbocycles. The van der Waals surface area contributed by atoms with Crippen LogP contribution < -0.4 is 4.74 Å². The van der Waals surface area contributed by atoms with Crippen molar-refractivity contribution in [1.82, 2.24) is 9.88 Å². The average Bonchev–Trinajstić information content (AvgIpc) is 2.61. The number of hydrogen-bond acceptors (Lipinski definition) is 3. The van der Waals surface area contributed by atoms with Gasteiger partial charge in [-0.1, -0.05) is 53.5 Å². The molecule has 1 amide bonds. The van der Waals surface area contributed by atoms with Gasteiger partial charge in [0.05, 0.1) is 6.54 Å². The van der Waals surface area contributed by atoms with Crippen LogP contribution in [0.1, 0.15) is 10.5 Å². The summed E-state index contributed by atoms with van der Waals surface area (Å²) in [5, 5.41) is 2.64. The molecule has 0 saturated heterocycles. The molecule has 3 rings (SSSR count). The summed E-state index contributed by atoms with van der Waals surface area (Å²) < 4.78 is 5.61. The van der Waals surface area contributed by atoms with E-state index in [4.69, 9.17) is 27.9 Å². The maximum absolute atomic E-state index is 12.6. The van der Waals surface area contributed by atoms with Gasteiger partial charge in [0.25, 0.3) is 5.91 Å². The van der Waals surface area contributed by atoms with Crippen molar-refractivity contribution in [2.75, 3.05) is 20.2 Å². The molecule has 0 N–H and O–H groups in total. The van der Waals surface area contributed by atoms with Crippen LogP contribution in [-0.4, -0.2) is 36.0 Å². The Morgan fingerprint density at radius 2 is 1.92 bits per heavy atom. The Labute approximate surface area is 155 Å². The van der Waals surface area contributed by atoms with Crippen LogP contribution in [0.5, 0.6) is 5.75 Å². The van der Waals surface area contributed by atoms with Gasteiger partial charge in [-0.2, -0.15) is 0 Å². The summed E-state index contributed by atoms with van der Waals surface area (Å²) in [5.74, 6) is 0.461. The van der Waals surface area contributed by atoms with Crippen molar-refractivity contribution in [2.24, 2.45) is 0 Å². The molecule has 0 radical (unpaired) electrons. The number of carbonyl (C=O) groups excluding carboxylic acids is 1. The number of hydrogen-bond donors (Lipinski definition) is 0. The minimum Gasteiger partial charge on any atom is -0.492 e. The van der Waals surface area contributed by atoms with Gasteiger partial charge in [-0.3, -0.25) is 4.79 Å². The highest BCUT2D eigenvalue weighted by atomic mass is 35.5. The van der Waals surface area contributed by atoms with E-state index in [0.717, 1.165) is 10.8 Å². The average molecular weight is 375 g/mol. The van der Waals surface area contributed by atoms with Crippen molar-refractivity contribution >= 4 is 39.9 Å². The molecule has 0 aliphatic heterocycles. The van der Waals surface area contributed by atoms with E-state index in [-0.39, 0.29) is 5.91 Å². The van der Waals surface area contributed by atoms with Crippen molar-refractivity contribution < 1.29 is 9.53 Å². The number of amides is 1. The highest BCUT2D eigenvalue weighted by molar-refractivity contribution is 6.34. The van der Waals surface area contributed by atoms with Gasteiger partial charge in [-0.15, -0.1) is 0 Å². The Balaban J connectivity index is 1.66. The van der Waals surface area contributed by atoms with Crippen LogP contribution in [0.15, 0.2) is 54.6 Å². The van der Waals surface area contributed by atoms with E-state index in [1.807, 2.05) is 36.4 Å². The summed E-state index contributed by atoms with van der Waals surface area (Å²) >= 11 is 12.1. The summed E-state index contributed by atoms with van der Waals surface area (Å²) in [7, 11) is 1.70. The third-order valence-corrected chi connectivity index (χ3v) is 4.27. The molecule has 4 nitrogen and oxygen atoms in total. The van der Waals surface area contributed by atoms with E-state index >= 15 is 0 Å². The monoisotopic (exact) mass is 374 g/mol. The van der Waals surface area contributed by atoms with Crippen molar-refractivity contribution in [2.45, 2.75) is 0 Å². The van der Waals surface area contributed by atoms with Crippen LogP contribution >= 0.6 is 23.2 Å². The van der Waals surface area contributed by atoms with Crippen molar-refractivity contribution in [3.05, 3.63) is 70.5 Å². The lowest BCUT2D eigenvalue weighted by molar-refractivity contribution is 0.0768. The van der Waals surface area contributed by atoms with E-state index in [0.29, 0.717) is 34.8 Å². The normalized spacial score (nSPS) is 10.7. The number of ether oxygens (including phenoxy) is 1. The zero-order valence-corrected chi connectivity index (χ0v) is 15.1. The molecule has 0 unspecified atom stereocenters. The molecule has 0 fully saturated rings. The molecule has 0 spiro atoms. The van der Waals surface area contributed by atoms with E-state index < -0.39 is 0 Å². The van der Waals surface area contributed by atoms with E-state index in [1.54, 1.807) is 30.1 Å². The maximum atomic E-state index is 12.6. The Bertz CT molecular complexity index is 915. The number of halogens is 2. The van der Waals surface area contributed by atoms with Gasteiger partial charge in [-0.05, 0) is 29.7 Å². The topological polar surface area (TPSA) is 42.4 Å². The lowest BCUT2D eigenvalue weighted by Crippen LogP contribution is -2.31.